The summed E-state index contributed by atoms with van der Waals surface area (Å²) in [6.07, 6.45) is 2.29. The number of nitrogens with zero attached hydrogens (tertiary/aromatic N) is 1. The van der Waals surface area contributed by atoms with Crippen LogP contribution in [0.2, 0.25) is 5.02 Å². The standard InChI is InChI=1S/C18H15ClN2O3S/c19-13-5-2-1-4-11(13)14(22)10-21-16(23)18(20-17(21)24)8-3-6-15-12(18)7-9-25-15/h1-2,4-5,7,9H,3,6,8,10H2,(H,20,24)/t18-/m0/s1. The van der Waals surface area contributed by atoms with Crippen LogP contribution in [0.1, 0.15) is 33.6 Å². The number of nitrogens with one attached hydrogen (secondary N) is 1. The van der Waals surface area contributed by atoms with E-state index in [1.165, 1.54) is 0 Å². The number of ketones is 1. The summed E-state index contributed by atoms with van der Waals surface area (Å²) < 4.78 is 0. The predicted octanol–water partition coefficient (Wildman–Crippen LogP) is 3.37. The maximum Gasteiger partial charge on any atom is 0.325 e. The number of halogens is 1. The molecule has 1 fully saturated rings. The first-order chi connectivity index (χ1) is 12.0. The van der Waals surface area contributed by atoms with Crippen LogP contribution in [0.5, 0.6) is 0 Å². The highest BCUT2D eigenvalue weighted by molar-refractivity contribution is 7.10. The van der Waals surface area contributed by atoms with E-state index in [1.54, 1.807) is 35.6 Å². The third-order valence-corrected chi connectivity index (χ3v) is 6.12. The molecular formula is C18H15ClN2O3S. The topological polar surface area (TPSA) is 66.5 Å². The molecule has 4 rings (SSSR count). The van der Waals surface area contributed by atoms with Crippen molar-refractivity contribution in [3.05, 3.63) is 56.7 Å². The van der Waals surface area contributed by atoms with Gasteiger partial charge in [0.25, 0.3) is 5.91 Å². The van der Waals surface area contributed by atoms with Crippen LogP contribution < -0.4 is 5.32 Å². The van der Waals surface area contributed by atoms with Crippen LogP contribution in [0.15, 0.2) is 35.7 Å². The monoisotopic (exact) mass is 374 g/mol. The molecule has 2 heterocycles. The van der Waals surface area contributed by atoms with Crippen molar-refractivity contribution in [2.75, 3.05) is 6.54 Å². The van der Waals surface area contributed by atoms with Crippen LogP contribution in [-0.2, 0) is 16.8 Å². The van der Waals surface area contributed by atoms with E-state index in [0.717, 1.165) is 28.2 Å². The Labute approximate surface area is 153 Å². The van der Waals surface area contributed by atoms with Gasteiger partial charge in [-0.25, -0.2) is 4.79 Å². The molecule has 2 aliphatic rings. The number of urea groups is 1. The Bertz CT molecular complexity index is 894. The molecule has 1 aliphatic carbocycles. The maximum atomic E-state index is 13.1. The molecule has 3 amide bonds. The van der Waals surface area contributed by atoms with Crippen molar-refractivity contribution in [1.29, 1.82) is 0 Å². The molecule has 5 nitrogen and oxygen atoms in total. The molecule has 1 N–H and O–H groups in total. The minimum atomic E-state index is -1.02. The molecule has 1 saturated heterocycles. The zero-order valence-electron chi connectivity index (χ0n) is 13.3. The van der Waals surface area contributed by atoms with E-state index in [9.17, 15) is 14.4 Å². The first kappa shape index (κ1) is 16.3. The molecular weight excluding hydrogens is 360 g/mol. The number of fused-ring (bicyclic) bond motifs is 2. The number of rotatable bonds is 3. The molecule has 0 unspecified atom stereocenters. The summed E-state index contributed by atoms with van der Waals surface area (Å²) in [5.41, 5.74) is 0.159. The Kier molecular flexibility index (Phi) is 3.89. The summed E-state index contributed by atoms with van der Waals surface area (Å²) in [6.45, 7) is -0.310. The number of Topliss-reactive ketones (excluding diaryl/α,β-unsaturated/α-hetero) is 1. The summed E-state index contributed by atoms with van der Waals surface area (Å²) in [5, 5.41) is 5.09. The number of amides is 3. The Morgan fingerprint density at radius 2 is 2.08 bits per heavy atom. The lowest BCUT2D eigenvalue weighted by atomic mass is 9.80. The van der Waals surface area contributed by atoms with Crippen molar-refractivity contribution in [1.82, 2.24) is 10.2 Å². The lowest BCUT2D eigenvalue weighted by molar-refractivity contribution is -0.131. The molecule has 1 atom stereocenters. The zero-order chi connectivity index (χ0) is 17.6. The quantitative estimate of drug-likeness (QED) is 0.661. The Morgan fingerprint density at radius 1 is 1.28 bits per heavy atom. The Morgan fingerprint density at radius 3 is 2.88 bits per heavy atom. The van der Waals surface area contributed by atoms with Gasteiger partial charge in [0, 0.05) is 16.0 Å². The third-order valence-electron chi connectivity index (χ3n) is 4.81. The highest BCUT2D eigenvalue weighted by atomic mass is 35.5. The van der Waals surface area contributed by atoms with E-state index < -0.39 is 11.6 Å². The fourth-order valence-corrected chi connectivity index (χ4v) is 4.84. The second-order valence-electron chi connectivity index (χ2n) is 6.24. The summed E-state index contributed by atoms with van der Waals surface area (Å²) in [6, 6.07) is 8.01. The summed E-state index contributed by atoms with van der Waals surface area (Å²) in [5.74, 6) is -0.704. The van der Waals surface area contributed by atoms with Crippen LogP contribution in [-0.4, -0.2) is 29.2 Å². The molecule has 1 aromatic heterocycles. The van der Waals surface area contributed by atoms with Crippen LogP contribution in [0.3, 0.4) is 0 Å². The number of imide groups is 1. The van der Waals surface area contributed by atoms with Gasteiger partial charge in [-0.2, -0.15) is 0 Å². The van der Waals surface area contributed by atoms with Gasteiger partial charge in [-0.05, 0) is 42.8 Å². The molecule has 128 valence electrons. The van der Waals surface area contributed by atoms with Gasteiger partial charge in [-0.15, -0.1) is 11.3 Å². The van der Waals surface area contributed by atoms with Gasteiger partial charge < -0.3 is 5.32 Å². The molecule has 1 spiro atoms. The van der Waals surface area contributed by atoms with E-state index in [4.69, 9.17) is 11.6 Å². The summed E-state index contributed by atoms with van der Waals surface area (Å²) >= 11 is 7.65. The maximum absolute atomic E-state index is 13.1. The van der Waals surface area contributed by atoms with Gasteiger partial charge in [0.05, 0.1) is 11.6 Å². The summed E-state index contributed by atoms with van der Waals surface area (Å²) in [4.78, 5) is 40.2. The number of thiophene rings is 1. The minimum absolute atomic E-state index is 0.310. The van der Waals surface area contributed by atoms with Gasteiger partial charge >= 0.3 is 6.03 Å². The first-order valence-corrected chi connectivity index (χ1v) is 9.27. The van der Waals surface area contributed by atoms with Crippen molar-refractivity contribution in [2.24, 2.45) is 0 Å². The number of benzene rings is 1. The van der Waals surface area contributed by atoms with E-state index in [-0.39, 0.29) is 18.2 Å². The SMILES string of the molecule is O=C(CN1C(=O)N[C@]2(CCCc3sccc32)C1=O)c1ccccc1Cl. The molecule has 0 bridgehead atoms. The average Bonchev–Trinajstić information content (AvgIpc) is 3.16. The van der Waals surface area contributed by atoms with Crippen molar-refractivity contribution in [3.63, 3.8) is 0 Å². The fraction of sp³-hybridized carbons (Fsp3) is 0.278. The number of hydrogen-bond donors (Lipinski definition) is 1. The largest absolute Gasteiger partial charge is 0.325 e. The van der Waals surface area contributed by atoms with Crippen molar-refractivity contribution in [2.45, 2.75) is 24.8 Å². The summed E-state index contributed by atoms with van der Waals surface area (Å²) in [7, 11) is 0. The predicted molar refractivity (Wildman–Crippen MR) is 95.0 cm³/mol. The molecule has 7 heteroatoms. The molecule has 1 aromatic carbocycles. The minimum Gasteiger partial charge on any atom is -0.319 e. The molecule has 0 radical (unpaired) electrons. The van der Waals surface area contributed by atoms with E-state index in [2.05, 4.69) is 5.32 Å². The highest BCUT2D eigenvalue weighted by Crippen LogP contribution is 2.42. The third kappa shape index (κ3) is 2.48. The van der Waals surface area contributed by atoms with Gasteiger partial charge in [0.1, 0.15) is 5.54 Å². The van der Waals surface area contributed by atoms with Gasteiger partial charge in [0.15, 0.2) is 5.78 Å². The lowest BCUT2D eigenvalue weighted by Crippen LogP contribution is -2.46. The lowest BCUT2D eigenvalue weighted by Gasteiger charge is -2.31. The first-order valence-electron chi connectivity index (χ1n) is 8.01. The Balaban J connectivity index is 1.63. The smallest absolute Gasteiger partial charge is 0.319 e. The van der Waals surface area contributed by atoms with E-state index in [1.807, 2.05) is 11.4 Å². The number of hydrogen-bond acceptors (Lipinski definition) is 4. The molecule has 0 saturated carbocycles. The van der Waals surface area contributed by atoms with Crippen LogP contribution in [0.25, 0.3) is 0 Å². The van der Waals surface area contributed by atoms with Crippen molar-refractivity contribution < 1.29 is 14.4 Å². The van der Waals surface area contributed by atoms with Crippen molar-refractivity contribution in [3.8, 4) is 0 Å². The zero-order valence-corrected chi connectivity index (χ0v) is 14.8. The normalized spacial score (nSPS) is 22.2. The van der Waals surface area contributed by atoms with Crippen molar-refractivity contribution >= 4 is 40.7 Å². The number of carbonyl (C=O) groups is 3. The number of aryl methyl sites for hydroxylation is 1. The molecule has 2 aromatic rings. The molecule has 25 heavy (non-hydrogen) atoms. The average molecular weight is 375 g/mol. The van der Waals surface area contributed by atoms with E-state index in [0.29, 0.717) is 17.0 Å². The fourth-order valence-electron chi connectivity index (χ4n) is 3.60. The van der Waals surface area contributed by atoms with Crippen LogP contribution in [0, 0.1) is 0 Å². The Hall–Kier alpha value is -2.18. The van der Waals surface area contributed by atoms with E-state index >= 15 is 0 Å². The number of carbonyl (C=O) groups excluding carboxylic acids is 3. The van der Waals surface area contributed by atoms with Crippen LogP contribution in [0.4, 0.5) is 4.79 Å². The highest BCUT2D eigenvalue weighted by Gasteiger charge is 2.54. The second kappa shape index (κ2) is 5.97. The van der Waals surface area contributed by atoms with Gasteiger partial charge in [-0.3, -0.25) is 14.5 Å². The second-order valence-corrected chi connectivity index (χ2v) is 7.65. The van der Waals surface area contributed by atoms with Gasteiger partial charge in [-0.1, -0.05) is 23.7 Å². The molecule has 1 aliphatic heterocycles. The van der Waals surface area contributed by atoms with Crippen LogP contribution >= 0.6 is 22.9 Å². The van der Waals surface area contributed by atoms with Gasteiger partial charge in [0.2, 0.25) is 0 Å².